The van der Waals surface area contributed by atoms with E-state index in [2.05, 4.69) is 15.3 Å². The van der Waals surface area contributed by atoms with Gasteiger partial charge in [-0.15, -0.1) is 5.10 Å². The molecule has 1 unspecified atom stereocenters. The Hall–Kier alpha value is -5.27. The third-order valence-electron chi connectivity index (χ3n) is 8.66. The fourth-order valence-electron chi connectivity index (χ4n) is 5.99. The third kappa shape index (κ3) is 6.22. The molecule has 0 saturated carbocycles. The molecule has 0 radical (unpaired) electrons. The van der Waals surface area contributed by atoms with E-state index in [1.807, 2.05) is 18.4 Å². The van der Waals surface area contributed by atoms with E-state index in [-0.39, 0.29) is 52.5 Å². The number of carbonyl (C=O) groups is 1. The number of imidazole rings is 1. The van der Waals surface area contributed by atoms with Crippen LogP contribution in [-0.2, 0) is 17.8 Å². The summed E-state index contributed by atoms with van der Waals surface area (Å²) < 4.78 is 61.1. The van der Waals surface area contributed by atoms with Crippen molar-refractivity contribution >= 4 is 28.6 Å². The van der Waals surface area contributed by atoms with Crippen LogP contribution in [0.15, 0.2) is 73.2 Å². The SMILES string of the molecule is CC1(C)COCC1n1c(Cc2cc(F)c(-c3ccc(F)c(OCc4cnc(-n5ccnn5)cc4Cl)c3)cc2F)nc2ccc(C(=O)O)cc21. The average Bonchev–Trinajstić information content (AvgIpc) is 3.81. The smallest absolute Gasteiger partial charge is 0.335 e. The van der Waals surface area contributed by atoms with Crippen LogP contribution in [0.4, 0.5) is 13.2 Å². The molecule has 49 heavy (non-hydrogen) atoms. The molecule has 0 spiro atoms. The van der Waals surface area contributed by atoms with Gasteiger partial charge in [0.05, 0.1) is 53.3 Å². The van der Waals surface area contributed by atoms with E-state index < -0.39 is 23.4 Å². The number of halogens is 4. The summed E-state index contributed by atoms with van der Waals surface area (Å²) in [5.41, 5.74) is 1.47. The molecule has 4 heterocycles. The molecule has 1 aliphatic heterocycles. The number of pyridine rings is 1. The second-order valence-electron chi connectivity index (χ2n) is 12.4. The highest BCUT2D eigenvalue weighted by molar-refractivity contribution is 6.31. The van der Waals surface area contributed by atoms with E-state index in [0.717, 1.165) is 18.2 Å². The molecule has 250 valence electrons. The molecule has 1 atom stereocenters. The molecule has 1 N–H and O–H groups in total. The van der Waals surface area contributed by atoms with Gasteiger partial charge < -0.3 is 19.1 Å². The monoisotopic (exact) mass is 688 g/mol. The predicted octanol–water partition coefficient (Wildman–Crippen LogP) is 7.22. The largest absolute Gasteiger partial charge is 0.486 e. The minimum Gasteiger partial charge on any atom is -0.486 e. The first kappa shape index (κ1) is 32.3. The first-order chi connectivity index (χ1) is 23.5. The van der Waals surface area contributed by atoms with Gasteiger partial charge in [-0.3, -0.25) is 0 Å². The Morgan fingerprint density at radius 3 is 2.61 bits per heavy atom. The fraction of sp³-hybridized carbons (Fsp3) is 0.229. The molecule has 1 saturated heterocycles. The Morgan fingerprint density at radius 1 is 1.06 bits per heavy atom. The lowest BCUT2D eigenvalue weighted by Crippen LogP contribution is -2.27. The van der Waals surface area contributed by atoms with Gasteiger partial charge in [0.2, 0.25) is 0 Å². The number of hydrogen-bond acceptors (Lipinski definition) is 7. The number of carboxylic acids is 1. The highest BCUT2D eigenvalue weighted by atomic mass is 35.5. The van der Waals surface area contributed by atoms with Crippen LogP contribution in [0.25, 0.3) is 28.0 Å². The zero-order chi connectivity index (χ0) is 34.4. The van der Waals surface area contributed by atoms with Gasteiger partial charge in [-0.05, 0) is 53.6 Å². The van der Waals surface area contributed by atoms with Crippen molar-refractivity contribution in [3.8, 4) is 22.7 Å². The Kier molecular flexibility index (Phi) is 8.33. The minimum atomic E-state index is -1.09. The second kappa shape index (κ2) is 12.6. The van der Waals surface area contributed by atoms with Gasteiger partial charge in [0.25, 0.3) is 0 Å². The summed E-state index contributed by atoms with van der Waals surface area (Å²) in [5.74, 6) is -2.53. The van der Waals surface area contributed by atoms with Crippen molar-refractivity contribution in [3.63, 3.8) is 0 Å². The fourth-order valence-corrected chi connectivity index (χ4v) is 6.19. The van der Waals surface area contributed by atoms with Crippen molar-refractivity contribution in [2.45, 2.75) is 32.9 Å². The number of carboxylic acid groups (broad SMARTS) is 1. The van der Waals surface area contributed by atoms with Crippen molar-refractivity contribution < 1.29 is 32.5 Å². The quantitative estimate of drug-likeness (QED) is 0.169. The zero-order valence-electron chi connectivity index (χ0n) is 26.2. The first-order valence-electron chi connectivity index (χ1n) is 15.2. The van der Waals surface area contributed by atoms with Gasteiger partial charge in [0.15, 0.2) is 17.4 Å². The summed E-state index contributed by atoms with van der Waals surface area (Å²) in [6, 6.07) is 11.8. The van der Waals surface area contributed by atoms with Gasteiger partial charge >= 0.3 is 5.97 Å². The lowest BCUT2D eigenvalue weighted by Gasteiger charge is -2.28. The van der Waals surface area contributed by atoms with Gasteiger partial charge in [-0.2, -0.15) is 0 Å². The average molecular weight is 689 g/mol. The van der Waals surface area contributed by atoms with E-state index in [9.17, 15) is 14.3 Å². The topological polar surface area (TPSA) is 117 Å². The van der Waals surface area contributed by atoms with Gasteiger partial charge in [-0.25, -0.2) is 32.6 Å². The minimum absolute atomic E-state index is 0.0445. The molecule has 14 heteroatoms. The number of aromatic nitrogens is 6. The number of hydrogen-bond donors (Lipinski definition) is 1. The molecular weight excluding hydrogens is 661 g/mol. The molecule has 0 aliphatic carbocycles. The lowest BCUT2D eigenvalue weighted by atomic mass is 9.87. The Bertz CT molecular complexity index is 2220. The Morgan fingerprint density at radius 2 is 1.90 bits per heavy atom. The molecule has 0 bridgehead atoms. The van der Waals surface area contributed by atoms with Crippen molar-refractivity contribution in [2.75, 3.05) is 13.2 Å². The summed E-state index contributed by atoms with van der Waals surface area (Å²) in [6.45, 7) is 4.73. The number of nitrogens with zero attached hydrogens (tertiary/aromatic N) is 6. The van der Waals surface area contributed by atoms with E-state index >= 15 is 8.78 Å². The summed E-state index contributed by atoms with van der Waals surface area (Å²) >= 11 is 6.39. The normalized spacial score (nSPS) is 15.6. The molecule has 1 fully saturated rings. The maximum Gasteiger partial charge on any atom is 0.335 e. The van der Waals surface area contributed by atoms with Crippen molar-refractivity contribution in [1.29, 1.82) is 0 Å². The van der Waals surface area contributed by atoms with Crippen LogP contribution >= 0.6 is 11.6 Å². The van der Waals surface area contributed by atoms with E-state index in [1.165, 1.54) is 41.3 Å². The van der Waals surface area contributed by atoms with Crippen molar-refractivity contribution in [2.24, 2.45) is 5.41 Å². The number of fused-ring (bicyclic) bond motifs is 1. The molecule has 0 amide bonds. The molecule has 1 aliphatic rings. The summed E-state index contributed by atoms with van der Waals surface area (Å²) in [7, 11) is 0. The van der Waals surface area contributed by atoms with Crippen LogP contribution in [-0.4, -0.2) is 53.8 Å². The highest BCUT2D eigenvalue weighted by Gasteiger charge is 2.39. The Balaban J connectivity index is 1.17. The van der Waals surface area contributed by atoms with Crippen LogP contribution in [0.3, 0.4) is 0 Å². The van der Waals surface area contributed by atoms with E-state index in [0.29, 0.717) is 46.5 Å². The predicted molar refractivity (Wildman–Crippen MR) is 173 cm³/mol. The maximum absolute atomic E-state index is 15.8. The van der Waals surface area contributed by atoms with Crippen LogP contribution < -0.4 is 4.74 Å². The first-order valence-corrected chi connectivity index (χ1v) is 15.6. The maximum atomic E-state index is 15.8. The number of aromatic carboxylic acids is 1. The lowest BCUT2D eigenvalue weighted by molar-refractivity contribution is 0.0697. The van der Waals surface area contributed by atoms with E-state index in [4.69, 9.17) is 26.1 Å². The molecular formula is C35H28ClF3N6O4. The Labute approximate surface area is 282 Å². The van der Waals surface area contributed by atoms with Crippen molar-refractivity contribution in [1.82, 2.24) is 29.5 Å². The summed E-state index contributed by atoms with van der Waals surface area (Å²) in [5, 5.41) is 17.5. The zero-order valence-corrected chi connectivity index (χ0v) is 27.0. The number of rotatable bonds is 9. The molecule has 10 nitrogen and oxygen atoms in total. The number of benzene rings is 3. The van der Waals surface area contributed by atoms with E-state index in [1.54, 1.807) is 18.3 Å². The highest BCUT2D eigenvalue weighted by Crippen LogP contribution is 2.41. The van der Waals surface area contributed by atoms with Gasteiger partial charge in [-0.1, -0.05) is 36.7 Å². The molecule has 7 rings (SSSR count). The molecule has 3 aromatic heterocycles. The van der Waals surface area contributed by atoms with Crippen LogP contribution in [0.5, 0.6) is 5.75 Å². The third-order valence-corrected chi connectivity index (χ3v) is 9.01. The van der Waals surface area contributed by atoms with Crippen LogP contribution in [0.1, 0.15) is 47.2 Å². The van der Waals surface area contributed by atoms with Crippen LogP contribution in [0.2, 0.25) is 5.02 Å². The number of ether oxygens (including phenoxy) is 2. The standard InChI is InChI=1S/C35H28ClF3N6O4/c1-35(2)18-48-17-31(35)45-29-10-20(34(46)47)4-6-28(29)42-33(45)12-21-9-27(39)23(13-26(21)38)19-3-5-25(37)30(11-19)49-16-22-15-40-32(14-24(22)36)44-8-7-41-43-44/h3-11,13-15,31H,12,16-18H2,1-2H3,(H,46,47). The second-order valence-corrected chi connectivity index (χ2v) is 12.8. The summed E-state index contributed by atoms with van der Waals surface area (Å²) in [6.07, 6.45) is 4.49. The van der Waals surface area contributed by atoms with Gasteiger partial charge in [0, 0.05) is 35.2 Å². The van der Waals surface area contributed by atoms with Gasteiger partial charge in [0.1, 0.15) is 24.1 Å². The summed E-state index contributed by atoms with van der Waals surface area (Å²) in [4.78, 5) is 20.7. The molecule has 6 aromatic rings. The molecule has 3 aromatic carbocycles. The van der Waals surface area contributed by atoms with Crippen LogP contribution in [0, 0.1) is 22.9 Å². The van der Waals surface area contributed by atoms with Crippen molar-refractivity contribution in [3.05, 3.63) is 118 Å².